The van der Waals surface area contributed by atoms with Crippen molar-refractivity contribution in [2.45, 2.75) is 24.3 Å². The maximum atomic E-state index is 12.2. The molecule has 0 aliphatic heterocycles. The van der Waals surface area contributed by atoms with E-state index in [0.717, 1.165) is 5.56 Å². The quantitative estimate of drug-likeness (QED) is 0.754. The summed E-state index contributed by atoms with van der Waals surface area (Å²) in [6, 6.07) is 15.5. The molecular weight excluding hydrogens is 340 g/mol. The average molecular weight is 362 g/mol. The molecule has 0 aliphatic rings. The van der Waals surface area contributed by atoms with E-state index in [1.54, 1.807) is 12.1 Å². The summed E-state index contributed by atoms with van der Waals surface area (Å²) in [6.45, 7) is 1.91. The van der Waals surface area contributed by atoms with Gasteiger partial charge in [0.1, 0.15) is 5.75 Å². The molecule has 0 aliphatic carbocycles. The molecule has 6 nitrogen and oxygen atoms in total. The Morgan fingerprint density at radius 1 is 1.08 bits per heavy atom. The number of sulfonamides is 1. The molecular formula is C18H22N2O4S. The van der Waals surface area contributed by atoms with Crippen LogP contribution in [0.2, 0.25) is 0 Å². The molecule has 25 heavy (non-hydrogen) atoms. The predicted octanol–water partition coefficient (Wildman–Crippen LogP) is 2.24. The van der Waals surface area contributed by atoms with Gasteiger partial charge in [-0.05, 0) is 36.8 Å². The second-order valence-electron chi connectivity index (χ2n) is 5.52. The molecule has 2 aromatic carbocycles. The van der Waals surface area contributed by atoms with Crippen molar-refractivity contribution in [2.75, 3.05) is 13.7 Å². The van der Waals surface area contributed by atoms with Crippen molar-refractivity contribution in [3.8, 4) is 5.75 Å². The molecule has 0 saturated carbocycles. The summed E-state index contributed by atoms with van der Waals surface area (Å²) in [6.07, 6.45) is 0.0621. The van der Waals surface area contributed by atoms with E-state index in [4.69, 9.17) is 4.74 Å². The van der Waals surface area contributed by atoms with Gasteiger partial charge in [-0.2, -0.15) is 0 Å². The second-order valence-corrected chi connectivity index (χ2v) is 7.29. The van der Waals surface area contributed by atoms with Crippen molar-refractivity contribution < 1.29 is 17.9 Å². The zero-order chi connectivity index (χ0) is 18.3. The Morgan fingerprint density at radius 2 is 1.72 bits per heavy atom. The lowest BCUT2D eigenvalue weighted by Gasteiger charge is -2.14. The Hall–Kier alpha value is -2.38. The summed E-state index contributed by atoms with van der Waals surface area (Å²) < 4.78 is 31.8. The Balaban J connectivity index is 1.83. The molecule has 0 fully saturated rings. The number of benzene rings is 2. The number of carbonyl (C=O) groups excluding carboxylic acids is 1. The van der Waals surface area contributed by atoms with E-state index in [1.165, 1.54) is 19.2 Å². The third-order valence-corrected chi connectivity index (χ3v) is 5.17. The van der Waals surface area contributed by atoms with Gasteiger partial charge in [-0.1, -0.05) is 30.3 Å². The zero-order valence-corrected chi connectivity index (χ0v) is 15.0. The number of amides is 1. The van der Waals surface area contributed by atoms with E-state index in [9.17, 15) is 13.2 Å². The first-order chi connectivity index (χ1) is 11.9. The molecule has 1 amide bonds. The van der Waals surface area contributed by atoms with Crippen LogP contribution in [0.5, 0.6) is 5.75 Å². The lowest BCUT2D eigenvalue weighted by Crippen LogP contribution is -2.32. The number of carbonyl (C=O) groups is 1. The molecule has 7 heteroatoms. The summed E-state index contributed by atoms with van der Waals surface area (Å²) in [7, 11) is -2.14. The van der Waals surface area contributed by atoms with Gasteiger partial charge in [0.2, 0.25) is 15.9 Å². The summed E-state index contributed by atoms with van der Waals surface area (Å²) in [4.78, 5) is 12.1. The fourth-order valence-corrected chi connectivity index (χ4v) is 3.31. The molecule has 134 valence electrons. The van der Waals surface area contributed by atoms with Crippen LogP contribution in [0.3, 0.4) is 0 Å². The second kappa shape index (κ2) is 8.64. The summed E-state index contributed by atoms with van der Waals surface area (Å²) >= 11 is 0. The Labute approximate surface area is 148 Å². The maximum Gasteiger partial charge on any atom is 0.240 e. The highest BCUT2D eigenvalue weighted by Crippen LogP contribution is 2.15. The smallest absolute Gasteiger partial charge is 0.240 e. The van der Waals surface area contributed by atoms with Crippen molar-refractivity contribution in [1.29, 1.82) is 0 Å². The zero-order valence-electron chi connectivity index (χ0n) is 14.2. The van der Waals surface area contributed by atoms with Crippen LogP contribution in [-0.2, 0) is 14.8 Å². The van der Waals surface area contributed by atoms with E-state index in [-0.39, 0.29) is 29.8 Å². The molecule has 2 rings (SSSR count). The Kier molecular flexibility index (Phi) is 6.55. The minimum Gasteiger partial charge on any atom is -0.497 e. The monoisotopic (exact) mass is 362 g/mol. The van der Waals surface area contributed by atoms with Crippen molar-refractivity contribution in [3.63, 3.8) is 0 Å². The van der Waals surface area contributed by atoms with Crippen LogP contribution >= 0.6 is 0 Å². The summed E-state index contributed by atoms with van der Waals surface area (Å²) in [5.41, 5.74) is 0.995. The molecule has 0 aromatic heterocycles. The molecule has 2 aromatic rings. The lowest BCUT2D eigenvalue weighted by atomic mass is 10.1. The number of ether oxygens (including phenoxy) is 1. The number of hydrogen-bond donors (Lipinski definition) is 2. The van der Waals surface area contributed by atoms with Crippen LogP contribution in [0.1, 0.15) is 24.9 Å². The van der Waals surface area contributed by atoms with Crippen molar-refractivity contribution in [1.82, 2.24) is 10.0 Å². The fraction of sp³-hybridized carbons (Fsp3) is 0.278. The number of rotatable bonds is 8. The van der Waals surface area contributed by atoms with Crippen LogP contribution in [0.15, 0.2) is 59.5 Å². The van der Waals surface area contributed by atoms with Gasteiger partial charge >= 0.3 is 0 Å². The van der Waals surface area contributed by atoms with E-state index < -0.39 is 10.0 Å². The largest absolute Gasteiger partial charge is 0.497 e. The number of hydrogen-bond acceptors (Lipinski definition) is 4. The van der Waals surface area contributed by atoms with Crippen LogP contribution in [0.25, 0.3) is 0 Å². The highest BCUT2D eigenvalue weighted by molar-refractivity contribution is 7.89. The molecule has 0 saturated heterocycles. The molecule has 0 unspecified atom stereocenters. The number of methoxy groups -OCH3 is 1. The van der Waals surface area contributed by atoms with Gasteiger partial charge in [0.05, 0.1) is 18.0 Å². The van der Waals surface area contributed by atoms with Gasteiger partial charge in [0.15, 0.2) is 0 Å². The average Bonchev–Trinajstić information content (AvgIpc) is 2.62. The van der Waals surface area contributed by atoms with Gasteiger partial charge in [-0.15, -0.1) is 0 Å². The first kappa shape index (κ1) is 19.0. The standard InChI is InChI=1S/C18H22N2O4S/c1-14(15-6-4-3-5-7-15)20-18(21)12-13-19-25(22,23)17-10-8-16(24-2)9-11-17/h3-11,14,19H,12-13H2,1-2H3,(H,20,21)/t14-/m0/s1. The van der Waals surface area contributed by atoms with Gasteiger partial charge in [0, 0.05) is 13.0 Å². The first-order valence-electron chi connectivity index (χ1n) is 7.90. The molecule has 2 N–H and O–H groups in total. The van der Waals surface area contributed by atoms with Gasteiger partial charge < -0.3 is 10.1 Å². The fourth-order valence-electron chi connectivity index (χ4n) is 2.28. The van der Waals surface area contributed by atoms with E-state index in [0.29, 0.717) is 5.75 Å². The van der Waals surface area contributed by atoms with Crippen LogP contribution < -0.4 is 14.8 Å². The maximum absolute atomic E-state index is 12.2. The van der Waals surface area contributed by atoms with Crippen LogP contribution in [0.4, 0.5) is 0 Å². The highest BCUT2D eigenvalue weighted by atomic mass is 32.2. The third-order valence-electron chi connectivity index (χ3n) is 3.69. The van der Waals surface area contributed by atoms with E-state index in [2.05, 4.69) is 10.0 Å². The van der Waals surface area contributed by atoms with Gasteiger partial charge in [-0.25, -0.2) is 13.1 Å². The number of nitrogens with one attached hydrogen (secondary N) is 2. The normalized spacial score (nSPS) is 12.4. The summed E-state index contributed by atoms with van der Waals surface area (Å²) in [5.74, 6) is 0.363. The molecule has 0 heterocycles. The minimum atomic E-state index is -3.65. The van der Waals surface area contributed by atoms with Gasteiger partial charge in [0.25, 0.3) is 0 Å². The predicted molar refractivity (Wildman–Crippen MR) is 95.8 cm³/mol. The summed E-state index contributed by atoms with van der Waals surface area (Å²) in [5, 5.41) is 2.85. The Bertz CT molecular complexity index is 790. The van der Waals surface area contributed by atoms with Crippen molar-refractivity contribution in [3.05, 3.63) is 60.2 Å². The van der Waals surface area contributed by atoms with E-state index >= 15 is 0 Å². The minimum absolute atomic E-state index is 0.0295. The molecule has 0 radical (unpaired) electrons. The first-order valence-corrected chi connectivity index (χ1v) is 9.39. The Morgan fingerprint density at radius 3 is 2.32 bits per heavy atom. The lowest BCUT2D eigenvalue weighted by molar-refractivity contribution is -0.121. The van der Waals surface area contributed by atoms with Crippen LogP contribution in [0, 0.1) is 0 Å². The van der Waals surface area contributed by atoms with Crippen molar-refractivity contribution >= 4 is 15.9 Å². The molecule has 1 atom stereocenters. The molecule has 0 bridgehead atoms. The van der Waals surface area contributed by atoms with Crippen LogP contribution in [-0.4, -0.2) is 28.0 Å². The van der Waals surface area contributed by atoms with Gasteiger partial charge in [-0.3, -0.25) is 4.79 Å². The molecule has 0 spiro atoms. The van der Waals surface area contributed by atoms with Crippen molar-refractivity contribution in [2.24, 2.45) is 0 Å². The highest BCUT2D eigenvalue weighted by Gasteiger charge is 2.15. The third kappa shape index (κ3) is 5.58. The SMILES string of the molecule is COc1ccc(S(=O)(=O)NCCC(=O)N[C@@H](C)c2ccccc2)cc1. The van der Waals surface area contributed by atoms with E-state index in [1.807, 2.05) is 37.3 Å². The topological polar surface area (TPSA) is 84.5 Å².